The molecule has 3 rings (SSSR count). The summed E-state index contributed by atoms with van der Waals surface area (Å²) in [6.45, 7) is 3.63. The van der Waals surface area contributed by atoms with Crippen LogP contribution in [-0.2, 0) is 10.4 Å². The van der Waals surface area contributed by atoms with Crippen molar-refractivity contribution in [1.82, 2.24) is 4.98 Å². The summed E-state index contributed by atoms with van der Waals surface area (Å²) in [7, 11) is 0. The zero-order valence-corrected chi connectivity index (χ0v) is 11.4. The van der Waals surface area contributed by atoms with Gasteiger partial charge in [0.1, 0.15) is 0 Å². The van der Waals surface area contributed by atoms with Crippen molar-refractivity contribution in [1.29, 1.82) is 0 Å². The minimum atomic E-state index is -4.93. The van der Waals surface area contributed by atoms with Crippen LogP contribution in [0.1, 0.15) is 23.2 Å². The summed E-state index contributed by atoms with van der Waals surface area (Å²) in [6, 6.07) is 2.76. The van der Waals surface area contributed by atoms with Gasteiger partial charge in [0.25, 0.3) is 0 Å². The number of carbonyl (C=O) groups is 1. The number of anilines is 1. The van der Waals surface area contributed by atoms with E-state index in [1.54, 1.807) is 6.92 Å². The molecule has 1 aromatic heterocycles. The van der Waals surface area contributed by atoms with Crippen molar-refractivity contribution in [2.75, 3.05) is 5.32 Å². The van der Waals surface area contributed by atoms with E-state index in [9.17, 15) is 23.1 Å². The van der Waals surface area contributed by atoms with Gasteiger partial charge in [-0.3, -0.25) is 4.79 Å². The van der Waals surface area contributed by atoms with E-state index in [1.165, 1.54) is 12.1 Å². The number of hydrogen-bond acceptors (Lipinski definition) is 2. The lowest BCUT2D eigenvalue weighted by molar-refractivity contribution is -0.267. The predicted molar refractivity (Wildman–Crippen MR) is 71.0 cm³/mol. The number of amides is 1. The van der Waals surface area contributed by atoms with Crippen molar-refractivity contribution >= 4 is 22.5 Å². The van der Waals surface area contributed by atoms with Gasteiger partial charge in [0.2, 0.25) is 5.91 Å². The van der Waals surface area contributed by atoms with Crippen LogP contribution in [0.3, 0.4) is 0 Å². The summed E-state index contributed by atoms with van der Waals surface area (Å²) in [6.07, 6.45) is -5.96. The Kier molecular flexibility index (Phi) is 2.66. The molecule has 21 heavy (non-hydrogen) atoms. The molecular weight excluding hydrogens is 285 g/mol. The van der Waals surface area contributed by atoms with Gasteiger partial charge in [0, 0.05) is 16.6 Å². The second-order valence-electron chi connectivity index (χ2n) is 5.37. The van der Waals surface area contributed by atoms with E-state index >= 15 is 0 Å². The van der Waals surface area contributed by atoms with Gasteiger partial charge in [-0.1, -0.05) is 12.1 Å². The number of halogens is 3. The van der Waals surface area contributed by atoms with Crippen molar-refractivity contribution in [3.8, 4) is 0 Å². The number of rotatable bonds is 0. The van der Waals surface area contributed by atoms with E-state index in [4.69, 9.17) is 0 Å². The molecule has 2 heterocycles. The molecule has 1 unspecified atom stereocenters. The number of H-pyrrole nitrogens is 1. The summed E-state index contributed by atoms with van der Waals surface area (Å²) in [5.41, 5.74) is -1.40. The second-order valence-corrected chi connectivity index (χ2v) is 5.37. The van der Waals surface area contributed by atoms with Gasteiger partial charge in [-0.25, -0.2) is 0 Å². The summed E-state index contributed by atoms with van der Waals surface area (Å²) >= 11 is 0. The molecule has 0 bridgehead atoms. The first-order valence-electron chi connectivity index (χ1n) is 6.36. The SMILES string of the molecule is Cc1[nH]c2c3c(ccc2c1C)C(O)(C(F)(F)F)CC(=O)N3. The molecule has 4 nitrogen and oxygen atoms in total. The number of aliphatic hydroxyl groups is 1. The third-order valence-electron chi connectivity index (χ3n) is 4.08. The highest BCUT2D eigenvalue weighted by Gasteiger charge is 2.59. The number of fused-ring (bicyclic) bond motifs is 3. The van der Waals surface area contributed by atoms with Gasteiger partial charge in [-0.15, -0.1) is 0 Å². The number of aromatic amines is 1. The van der Waals surface area contributed by atoms with Crippen LogP contribution in [0.4, 0.5) is 18.9 Å². The molecular formula is C14H13F3N2O2. The van der Waals surface area contributed by atoms with E-state index in [2.05, 4.69) is 10.3 Å². The maximum absolute atomic E-state index is 13.2. The van der Waals surface area contributed by atoms with Crippen molar-refractivity contribution in [3.05, 3.63) is 29.0 Å². The van der Waals surface area contributed by atoms with Gasteiger partial charge >= 0.3 is 6.18 Å². The lowest BCUT2D eigenvalue weighted by Crippen LogP contribution is -2.48. The molecule has 0 saturated carbocycles. The third-order valence-corrected chi connectivity index (χ3v) is 4.08. The van der Waals surface area contributed by atoms with Gasteiger partial charge in [0.05, 0.1) is 17.6 Å². The average Bonchev–Trinajstić information content (AvgIpc) is 2.65. The molecule has 1 aliphatic heterocycles. The largest absolute Gasteiger partial charge is 0.422 e. The summed E-state index contributed by atoms with van der Waals surface area (Å²) < 4.78 is 39.7. The summed E-state index contributed by atoms with van der Waals surface area (Å²) in [5.74, 6) is -0.861. The van der Waals surface area contributed by atoms with E-state index in [1.807, 2.05) is 6.92 Å². The molecule has 1 aliphatic rings. The maximum atomic E-state index is 13.2. The molecule has 2 aromatic rings. The number of aryl methyl sites for hydroxylation is 2. The number of alkyl halides is 3. The topological polar surface area (TPSA) is 65.1 Å². The molecule has 7 heteroatoms. The molecule has 1 atom stereocenters. The van der Waals surface area contributed by atoms with Crippen LogP contribution in [0, 0.1) is 13.8 Å². The Labute approximate surface area is 118 Å². The molecule has 0 aliphatic carbocycles. The molecule has 1 amide bonds. The molecule has 1 aromatic carbocycles. The second kappa shape index (κ2) is 4.00. The average molecular weight is 298 g/mol. The van der Waals surface area contributed by atoms with E-state index in [0.29, 0.717) is 5.52 Å². The smallest absolute Gasteiger partial charge is 0.376 e. The summed E-state index contributed by atoms with van der Waals surface area (Å²) in [5, 5.41) is 13.2. The fourth-order valence-electron chi connectivity index (χ4n) is 2.77. The highest BCUT2D eigenvalue weighted by atomic mass is 19.4. The lowest BCUT2D eigenvalue weighted by atomic mass is 9.84. The van der Waals surface area contributed by atoms with Crippen molar-refractivity contribution in [3.63, 3.8) is 0 Å². The first-order chi connectivity index (χ1) is 9.65. The Morgan fingerprint density at radius 1 is 1.29 bits per heavy atom. The molecule has 3 N–H and O–H groups in total. The highest BCUT2D eigenvalue weighted by molar-refractivity contribution is 6.06. The standard InChI is InChI=1S/C14H13F3N2O2/c1-6-7(2)18-11-8(6)3-4-9-12(11)19-10(20)5-13(9,21)14(15,16)17/h3-4,18,21H,5H2,1-2H3,(H,19,20). The minimum absolute atomic E-state index is 0.000208. The fraction of sp³-hybridized carbons (Fsp3) is 0.357. The quantitative estimate of drug-likeness (QED) is 0.700. The zero-order chi connectivity index (χ0) is 15.6. The van der Waals surface area contributed by atoms with E-state index in [-0.39, 0.29) is 11.3 Å². The number of carbonyl (C=O) groups excluding carboxylic acids is 1. The van der Waals surface area contributed by atoms with Crippen LogP contribution in [0.15, 0.2) is 12.1 Å². The van der Waals surface area contributed by atoms with Crippen molar-refractivity contribution in [2.45, 2.75) is 32.0 Å². The first-order valence-corrected chi connectivity index (χ1v) is 6.36. The Hall–Kier alpha value is -2.02. The number of nitrogens with one attached hydrogen (secondary N) is 2. The lowest BCUT2D eigenvalue weighted by Gasteiger charge is -2.35. The molecule has 0 fully saturated rings. The van der Waals surface area contributed by atoms with Gasteiger partial charge in [-0.2, -0.15) is 13.2 Å². The van der Waals surface area contributed by atoms with Gasteiger partial charge in [-0.05, 0) is 19.4 Å². The minimum Gasteiger partial charge on any atom is -0.376 e. The monoisotopic (exact) mass is 298 g/mol. The molecule has 0 spiro atoms. The van der Waals surface area contributed by atoms with E-state index in [0.717, 1.165) is 16.6 Å². The molecule has 0 saturated heterocycles. The Morgan fingerprint density at radius 3 is 2.57 bits per heavy atom. The van der Waals surface area contributed by atoms with Crippen LogP contribution in [0.2, 0.25) is 0 Å². The number of hydrogen-bond donors (Lipinski definition) is 3. The number of benzene rings is 1. The van der Waals surface area contributed by atoms with Crippen LogP contribution in [-0.4, -0.2) is 22.2 Å². The fourth-order valence-corrected chi connectivity index (χ4v) is 2.77. The van der Waals surface area contributed by atoms with Gasteiger partial charge in [0.15, 0.2) is 5.60 Å². The third kappa shape index (κ3) is 1.77. The Balaban J connectivity index is 2.36. The van der Waals surface area contributed by atoms with Crippen molar-refractivity contribution in [2.24, 2.45) is 0 Å². The van der Waals surface area contributed by atoms with Gasteiger partial charge < -0.3 is 15.4 Å². The maximum Gasteiger partial charge on any atom is 0.422 e. The van der Waals surface area contributed by atoms with Crippen LogP contribution in [0.25, 0.3) is 10.9 Å². The van der Waals surface area contributed by atoms with Crippen molar-refractivity contribution < 1.29 is 23.1 Å². The zero-order valence-electron chi connectivity index (χ0n) is 11.4. The van der Waals surface area contributed by atoms with Crippen LogP contribution in [0.5, 0.6) is 0 Å². The first kappa shape index (κ1) is 13.9. The Morgan fingerprint density at radius 2 is 1.95 bits per heavy atom. The Bertz CT molecular complexity index is 764. The summed E-state index contributed by atoms with van der Waals surface area (Å²) in [4.78, 5) is 14.6. The number of aromatic nitrogens is 1. The normalized spacial score (nSPS) is 22.3. The molecule has 0 radical (unpaired) electrons. The van der Waals surface area contributed by atoms with Crippen LogP contribution < -0.4 is 5.32 Å². The van der Waals surface area contributed by atoms with Crippen LogP contribution >= 0.6 is 0 Å². The molecule has 112 valence electrons. The van der Waals surface area contributed by atoms with E-state index < -0.39 is 24.1 Å². The highest BCUT2D eigenvalue weighted by Crippen LogP contribution is 2.48. The predicted octanol–water partition coefficient (Wildman–Crippen LogP) is 2.88.